The van der Waals surface area contributed by atoms with Crippen molar-refractivity contribution in [1.29, 1.82) is 0 Å². The van der Waals surface area contributed by atoms with E-state index in [9.17, 15) is 0 Å². The summed E-state index contributed by atoms with van der Waals surface area (Å²) < 4.78 is 5.27. The monoisotopic (exact) mass is 179 g/mol. The Labute approximate surface area is 79.9 Å². The van der Waals surface area contributed by atoms with Crippen LogP contribution in [-0.4, -0.2) is 13.7 Å². The molecule has 0 fully saturated rings. The lowest BCUT2D eigenvalue weighted by molar-refractivity contribution is 0.402. The van der Waals surface area contributed by atoms with E-state index in [2.05, 4.69) is 25.2 Å². The number of ether oxygens (including phenoxy) is 1. The average Bonchev–Trinajstić information content (AvgIpc) is 2.18. The molecule has 0 amide bonds. The van der Waals surface area contributed by atoms with Crippen LogP contribution in [0.25, 0.3) is 0 Å². The van der Waals surface area contributed by atoms with Gasteiger partial charge in [0.05, 0.1) is 7.11 Å². The molecule has 1 aromatic carbocycles. The fourth-order valence-corrected chi connectivity index (χ4v) is 1.44. The molecule has 1 atom stereocenters. The van der Waals surface area contributed by atoms with Crippen LogP contribution in [0.5, 0.6) is 5.75 Å². The number of rotatable bonds is 4. The van der Waals surface area contributed by atoms with Gasteiger partial charge in [-0.3, -0.25) is 0 Å². The maximum Gasteiger partial charge on any atom is 0.123 e. The summed E-state index contributed by atoms with van der Waals surface area (Å²) in [5, 5.41) is 3.36. The van der Waals surface area contributed by atoms with Crippen LogP contribution in [0.2, 0.25) is 0 Å². The standard InChI is InChI=1S/C11H17NO/c1-4-12-9(2)10-7-5-6-8-11(10)13-3/h5-9,12H,4H2,1-3H3/t9-/m1/s1. The van der Waals surface area contributed by atoms with Crippen molar-refractivity contribution in [3.63, 3.8) is 0 Å². The second kappa shape index (κ2) is 4.87. The normalized spacial score (nSPS) is 12.5. The first kappa shape index (κ1) is 10.1. The van der Waals surface area contributed by atoms with E-state index in [4.69, 9.17) is 4.74 Å². The highest BCUT2D eigenvalue weighted by atomic mass is 16.5. The van der Waals surface area contributed by atoms with Gasteiger partial charge in [-0.2, -0.15) is 0 Å². The van der Waals surface area contributed by atoms with E-state index in [1.54, 1.807) is 7.11 Å². The highest BCUT2D eigenvalue weighted by molar-refractivity contribution is 5.35. The molecule has 0 aliphatic rings. The molecule has 1 N–H and O–H groups in total. The van der Waals surface area contributed by atoms with Crippen molar-refractivity contribution in [2.45, 2.75) is 19.9 Å². The molecule has 0 heterocycles. The maximum absolute atomic E-state index is 5.27. The van der Waals surface area contributed by atoms with Gasteiger partial charge in [0.1, 0.15) is 5.75 Å². The van der Waals surface area contributed by atoms with E-state index < -0.39 is 0 Å². The van der Waals surface area contributed by atoms with Gasteiger partial charge in [0.25, 0.3) is 0 Å². The van der Waals surface area contributed by atoms with Crippen molar-refractivity contribution in [3.8, 4) is 5.75 Å². The zero-order valence-electron chi connectivity index (χ0n) is 8.50. The van der Waals surface area contributed by atoms with Crippen molar-refractivity contribution >= 4 is 0 Å². The smallest absolute Gasteiger partial charge is 0.123 e. The molecule has 0 aliphatic heterocycles. The summed E-state index contributed by atoms with van der Waals surface area (Å²) in [6, 6.07) is 8.45. The molecule has 72 valence electrons. The van der Waals surface area contributed by atoms with E-state index in [1.165, 1.54) is 5.56 Å². The minimum Gasteiger partial charge on any atom is -0.496 e. The predicted octanol–water partition coefficient (Wildman–Crippen LogP) is 2.37. The molecule has 0 radical (unpaired) electrons. The van der Waals surface area contributed by atoms with E-state index in [-0.39, 0.29) is 0 Å². The van der Waals surface area contributed by atoms with Crippen LogP contribution in [0.1, 0.15) is 25.5 Å². The molecule has 0 unspecified atom stereocenters. The Morgan fingerprint density at radius 1 is 1.38 bits per heavy atom. The Kier molecular flexibility index (Phi) is 3.77. The Morgan fingerprint density at radius 3 is 2.69 bits per heavy atom. The lowest BCUT2D eigenvalue weighted by Crippen LogP contribution is -2.18. The summed E-state index contributed by atoms with van der Waals surface area (Å²) in [6.07, 6.45) is 0. The Hall–Kier alpha value is -1.02. The molecule has 0 saturated carbocycles. The van der Waals surface area contributed by atoms with E-state index >= 15 is 0 Å². The Morgan fingerprint density at radius 2 is 2.08 bits per heavy atom. The summed E-state index contributed by atoms with van der Waals surface area (Å²) in [4.78, 5) is 0. The SMILES string of the molecule is CCN[C@H](C)c1ccccc1OC. The van der Waals surface area contributed by atoms with Crippen molar-refractivity contribution in [1.82, 2.24) is 5.32 Å². The van der Waals surface area contributed by atoms with Gasteiger partial charge >= 0.3 is 0 Å². The predicted molar refractivity (Wildman–Crippen MR) is 55.1 cm³/mol. The molecule has 13 heavy (non-hydrogen) atoms. The van der Waals surface area contributed by atoms with E-state index in [0.29, 0.717) is 6.04 Å². The summed E-state index contributed by atoms with van der Waals surface area (Å²) >= 11 is 0. The Bertz CT molecular complexity index is 260. The number of hydrogen-bond acceptors (Lipinski definition) is 2. The van der Waals surface area contributed by atoms with Crippen LogP contribution >= 0.6 is 0 Å². The fraction of sp³-hybridized carbons (Fsp3) is 0.455. The van der Waals surface area contributed by atoms with Crippen molar-refractivity contribution in [2.75, 3.05) is 13.7 Å². The van der Waals surface area contributed by atoms with Crippen LogP contribution in [0.4, 0.5) is 0 Å². The number of nitrogens with one attached hydrogen (secondary N) is 1. The highest BCUT2D eigenvalue weighted by Crippen LogP contribution is 2.23. The number of para-hydroxylation sites is 1. The molecule has 0 saturated heterocycles. The number of hydrogen-bond donors (Lipinski definition) is 1. The summed E-state index contributed by atoms with van der Waals surface area (Å²) in [6.45, 7) is 5.21. The topological polar surface area (TPSA) is 21.3 Å². The molecule has 0 bridgehead atoms. The van der Waals surface area contributed by atoms with Gasteiger partial charge in [0.15, 0.2) is 0 Å². The third kappa shape index (κ3) is 2.46. The third-order valence-corrected chi connectivity index (χ3v) is 2.12. The van der Waals surface area contributed by atoms with Crippen molar-refractivity contribution in [3.05, 3.63) is 29.8 Å². The van der Waals surface area contributed by atoms with E-state index in [0.717, 1.165) is 12.3 Å². The first-order valence-electron chi connectivity index (χ1n) is 4.66. The second-order valence-electron chi connectivity index (χ2n) is 3.02. The number of methoxy groups -OCH3 is 1. The minimum atomic E-state index is 0.348. The van der Waals surface area contributed by atoms with Gasteiger partial charge in [-0.25, -0.2) is 0 Å². The molecule has 0 aromatic heterocycles. The fourth-order valence-electron chi connectivity index (χ4n) is 1.44. The zero-order valence-corrected chi connectivity index (χ0v) is 8.50. The lowest BCUT2D eigenvalue weighted by Gasteiger charge is -2.15. The first-order chi connectivity index (χ1) is 6.29. The molecule has 2 nitrogen and oxygen atoms in total. The van der Waals surface area contributed by atoms with Gasteiger partial charge in [0.2, 0.25) is 0 Å². The molecular weight excluding hydrogens is 162 g/mol. The van der Waals surface area contributed by atoms with Gasteiger partial charge in [-0.15, -0.1) is 0 Å². The Balaban J connectivity index is 2.85. The van der Waals surface area contributed by atoms with Crippen LogP contribution in [0, 0.1) is 0 Å². The summed E-state index contributed by atoms with van der Waals surface area (Å²) in [5.41, 5.74) is 1.21. The second-order valence-corrected chi connectivity index (χ2v) is 3.02. The molecule has 1 aromatic rings. The number of benzene rings is 1. The van der Waals surface area contributed by atoms with Crippen molar-refractivity contribution < 1.29 is 4.74 Å². The van der Waals surface area contributed by atoms with Crippen LogP contribution in [0.3, 0.4) is 0 Å². The largest absolute Gasteiger partial charge is 0.496 e. The third-order valence-electron chi connectivity index (χ3n) is 2.12. The first-order valence-corrected chi connectivity index (χ1v) is 4.66. The molecule has 0 aliphatic carbocycles. The van der Waals surface area contributed by atoms with Crippen LogP contribution in [-0.2, 0) is 0 Å². The quantitative estimate of drug-likeness (QED) is 0.766. The van der Waals surface area contributed by atoms with Gasteiger partial charge in [-0.05, 0) is 19.5 Å². The lowest BCUT2D eigenvalue weighted by atomic mass is 10.1. The zero-order chi connectivity index (χ0) is 9.68. The molecule has 1 rings (SSSR count). The maximum atomic E-state index is 5.27. The highest BCUT2D eigenvalue weighted by Gasteiger charge is 2.08. The van der Waals surface area contributed by atoms with Crippen molar-refractivity contribution in [2.24, 2.45) is 0 Å². The summed E-state index contributed by atoms with van der Waals surface area (Å²) in [5.74, 6) is 0.955. The van der Waals surface area contributed by atoms with Crippen LogP contribution in [0.15, 0.2) is 24.3 Å². The average molecular weight is 179 g/mol. The minimum absolute atomic E-state index is 0.348. The van der Waals surface area contributed by atoms with Gasteiger partial charge in [-0.1, -0.05) is 25.1 Å². The van der Waals surface area contributed by atoms with Gasteiger partial charge in [0, 0.05) is 11.6 Å². The van der Waals surface area contributed by atoms with Gasteiger partial charge < -0.3 is 10.1 Å². The van der Waals surface area contributed by atoms with E-state index in [1.807, 2.05) is 18.2 Å². The molecule has 0 spiro atoms. The molecular formula is C11H17NO. The summed E-state index contributed by atoms with van der Waals surface area (Å²) in [7, 11) is 1.71. The molecule has 2 heteroatoms. The van der Waals surface area contributed by atoms with Crippen LogP contribution < -0.4 is 10.1 Å².